The molecule has 0 heterocycles. The van der Waals surface area contributed by atoms with Crippen LogP contribution in [-0.2, 0) is 9.53 Å². The number of carbonyl (C=O) groups excluding carboxylic acids is 1. The lowest BCUT2D eigenvalue weighted by molar-refractivity contribution is -0.165. The molecule has 4 rings (SSSR count). The molecule has 7 unspecified atom stereocenters. The van der Waals surface area contributed by atoms with E-state index >= 15 is 0 Å². The second-order valence-corrected chi connectivity index (χ2v) is 14.7. The number of ether oxygens (including phenoxy) is 1. The van der Waals surface area contributed by atoms with Crippen LogP contribution < -0.4 is 0 Å². The molecule has 7 atom stereocenters. The first-order valence-electron chi connectivity index (χ1n) is 14.9. The van der Waals surface area contributed by atoms with Crippen LogP contribution in [0, 0.1) is 45.3 Å². The summed E-state index contributed by atoms with van der Waals surface area (Å²) in [5.74, 6) is 2.86. The first-order valence-corrected chi connectivity index (χ1v) is 14.9. The topological polar surface area (TPSA) is 26.3 Å². The van der Waals surface area contributed by atoms with Crippen molar-refractivity contribution in [1.82, 2.24) is 0 Å². The lowest BCUT2D eigenvalue weighted by Gasteiger charge is -2.61. The average Bonchev–Trinajstić information content (AvgIpc) is 3.04. The van der Waals surface area contributed by atoms with Crippen molar-refractivity contribution in [3.63, 3.8) is 0 Å². The highest BCUT2D eigenvalue weighted by Gasteiger charge is 2.63. The van der Waals surface area contributed by atoms with Gasteiger partial charge in [-0.2, -0.15) is 0 Å². The van der Waals surface area contributed by atoms with Crippen molar-refractivity contribution >= 4 is 5.97 Å². The van der Waals surface area contributed by atoms with Crippen LogP contribution in [0.2, 0.25) is 0 Å². The summed E-state index contributed by atoms with van der Waals surface area (Å²) in [6, 6.07) is 0. The van der Waals surface area contributed by atoms with E-state index in [0.717, 1.165) is 37.0 Å². The number of rotatable bonds is 7. The summed E-state index contributed by atoms with van der Waals surface area (Å²) in [5.41, 5.74) is 4.20. The van der Waals surface area contributed by atoms with Gasteiger partial charge in [0, 0.05) is 12.3 Å². The van der Waals surface area contributed by atoms with Crippen LogP contribution in [0.1, 0.15) is 127 Å². The minimum absolute atomic E-state index is 0.00803. The fourth-order valence-electron chi connectivity index (χ4n) is 9.56. The van der Waals surface area contributed by atoms with Crippen molar-refractivity contribution in [1.29, 1.82) is 0 Å². The van der Waals surface area contributed by atoms with Gasteiger partial charge < -0.3 is 4.74 Å². The Labute approximate surface area is 216 Å². The molecule has 2 heteroatoms. The molecule has 0 aromatic heterocycles. The van der Waals surface area contributed by atoms with Crippen LogP contribution >= 0.6 is 0 Å². The van der Waals surface area contributed by atoms with Gasteiger partial charge in [0.15, 0.2) is 0 Å². The van der Waals surface area contributed by atoms with Crippen LogP contribution in [0.25, 0.3) is 0 Å². The maximum absolute atomic E-state index is 11.8. The van der Waals surface area contributed by atoms with Crippen molar-refractivity contribution in [3.05, 3.63) is 23.3 Å². The average molecular weight is 483 g/mol. The molecular weight excluding hydrogens is 428 g/mol. The molecule has 0 amide bonds. The third-order valence-corrected chi connectivity index (χ3v) is 11.9. The highest BCUT2D eigenvalue weighted by atomic mass is 16.5. The molecule has 0 spiro atoms. The van der Waals surface area contributed by atoms with Gasteiger partial charge in [-0.3, -0.25) is 4.79 Å². The maximum atomic E-state index is 11.8. The number of fused-ring (bicyclic) bond motifs is 5. The molecule has 0 radical (unpaired) electrons. The Hall–Kier alpha value is -1.05. The summed E-state index contributed by atoms with van der Waals surface area (Å²) in [7, 11) is 0. The Morgan fingerprint density at radius 2 is 1.66 bits per heavy atom. The van der Waals surface area contributed by atoms with Gasteiger partial charge in [-0.05, 0) is 89.6 Å². The summed E-state index contributed by atoms with van der Waals surface area (Å²) >= 11 is 0. The lowest BCUT2D eigenvalue weighted by atomic mass is 9.44. The molecule has 35 heavy (non-hydrogen) atoms. The van der Waals surface area contributed by atoms with E-state index in [4.69, 9.17) is 4.74 Å². The van der Waals surface area contributed by atoms with Gasteiger partial charge in [-0.1, -0.05) is 93.2 Å². The van der Waals surface area contributed by atoms with Gasteiger partial charge >= 0.3 is 5.97 Å². The smallest absolute Gasteiger partial charge is 0.302 e. The van der Waals surface area contributed by atoms with Crippen molar-refractivity contribution in [3.8, 4) is 0 Å². The molecular formula is C33H54O2. The van der Waals surface area contributed by atoms with Crippen molar-refractivity contribution in [2.75, 3.05) is 0 Å². The van der Waals surface area contributed by atoms with E-state index in [9.17, 15) is 4.79 Å². The Balaban J connectivity index is 1.58. The SMILES string of the molecule is CC(=O)OC1CCC2(C)C3=CCC4(C)C(C(C)CCCCC(C)C)CCC4(C)C3=CCC2C1(C)C. The minimum Gasteiger partial charge on any atom is -0.462 e. The summed E-state index contributed by atoms with van der Waals surface area (Å²) < 4.78 is 5.86. The van der Waals surface area contributed by atoms with Crippen LogP contribution in [0.5, 0.6) is 0 Å². The number of carbonyl (C=O) groups is 1. The number of unbranched alkanes of at least 4 members (excludes halogenated alkanes) is 1. The van der Waals surface area contributed by atoms with Gasteiger partial charge in [0.1, 0.15) is 6.10 Å². The fourth-order valence-corrected chi connectivity index (χ4v) is 9.56. The van der Waals surface area contributed by atoms with Gasteiger partial charge in [-0.25, -0.2) is 0 Å². The zero-order valence-electron chi connectivity index (χ0n) is 24.4. The molecule has 0 aromatic rings. The minimum atomic E-state index is -0.130. The number of esters is 1. The molecule has 0 saturated heterocycles. The van der Waals surface area contributed by atoms with Crippen LogP contribution in [0.15, 0.2) is 23.3 Å². The van der Waals surface area contributed by atoms with E-state index < -0.39 is 0 Å². The van der Waals surface area contributed by atoms with Gasteiger partial charge in [-0.15, -0.1) is 0 Å². The van der Waals surface area contributed by atoms with Crippen molar-refractivity contribution in [2.24, 2.45) is 45.3 Å². The molecule has 2 nitrogen and oxygen atoms in total. The summed E-state index contributed by atoms with van der Waals surface area (Å²) in [6.07, 6.45) is 18.1. The van der Waals surface area contributed by atoms with Crippen LogP contribution in [-0.4, -0.2) is 12.1 Å². The largest absolute Gasteiger partial charge is 0.462 e. The highest BCUT2D eigenvalue weighted by Crippen LogP contribution is 2.71. The summed E-state index contributed by atoms with van der Waals surface area (Å²) in [5, 5.41) is 0. The van der Waals surface area contributed by atoms with Crippen molar-refractivity contribution in [2.45, 2.75) is 133 Å². The molecule has 0 aliphatic heterocycles. The molecule has 0 aromatic carbocycles. The van der Waals surface area contributed by atoms with Gasteiger partial charge in [0.2, 0.25) is 0 Å². The monoisotopic (exact) mass is 482 g/mol. The van der Waals surface area contributed by atoms with E-state index in [-0.39, 0.29) is 22.9 Å². The predicted octanol–water partition coefficient (Wildman–Crippen LogP) is 9.30. The summed E-state index contributed by atoms with van der Waals surface area (Å²) in [6.45, 7) is 21.3. The van der Waals surface area contributed by atoms with Crippen molar-refractivity contribution < 1.29 is 9.53 Å². The zero-order chi connectivity index (χ0) is 25.8. The Morgan fingerprint density at radius 1 is 0.971 bits per heavy atom. The van der Waals surface area contributed by atoms with E-state index in [0.29, 0.717) is 16.7 Å². The predicted molar refractivity (Wildman–Crippen MR) is 147 cm³/mol. The standard InChI is InChI=1S/C33H54O2/c1-22(2)12-10-11-13-23(3)25-16-20-33(9)27-14-15-28-30(5,6)29(35-24(4)34)18-19-31(28,7)26(27)17-21-32(25,33)8/h14,17,22-23,25,28-29H,10-13,15-16,18-21H2,1-9H3. The second kappa shape index (κ2) is 9.36. The van der Waals surface area contributed by atoms with E-state index in [2.05, 4.69) is 67.5 Å². The normalized spacial score (nSPS) is 40.8. The zero-order valence-corrected chi connectivity index (χ0v) is 24.4. The molecule has 4 aliphatic carbocycles. The van der Waals surface area contributed by atoms with Crippen LogP contribution in [0.3, 0.4) is 0 Å². The van der Waals surface area contributed by atoms with E-state index in [1.54, 1.807) is 18.1 Å². The maximum Gasteiger partial charge on any atom is 0.302 e. The highest BCUT2D eigenvalue weighted by molar-refractivity contribution is 5.66. The molecule has 2 saturated carbocycles. The Bertz CT molecular complexity index is 878. The number of allylic oxidation sites excluding steroid dienone is 4. The number of hydrogen-bond donors (Lipinski definition) is 0. The molecule has 0 bridgehead atoms. The quantitative estimate of drug-likeness (QED) is 0.267. The van der Waals surface area contributed by atoms with Gasteiger partial charge in [0.25, 0.3) is 0 Å². The lowest BCUT2D eigenvalue weighted by Crippen LogP contribution is -2.55. The van der Waals surface area contributed by atoms with Gasteiger partial charge in [0.05, 0.1) is 0 Å². The third kappa shape index (κ3) is 4.27. The van der Waals surface area contributed by atoms with Crippen LogP contribution in [0.4, 0.5) is 0 Å². The first-order chi connectivity index (χ1) is 16.3. The first kappa shape index (κ1) is 27.0. The van der Waals surface area contributed by atoms with E-state index in [1.165, 1.54) is 44.9 Å². The molecule has 4 aliphatic rings. The summed E-state index contributed by atoms with van der Waals surface area (Å²) in [4.78, 5) is 11.8. The Kier molecular flexibility index (Phi) is 7.22. The van der Waals surface area contributed by atoms with E-state index in [1.807, 2.05) is 0 Å². The second-order valence-electron chi connectivity index (χ2n) is 14.7. The number of hydrogen-bond acceptors (Lipinski definition) is 2. The molecule has 198 valence electrons. The molecule has 2 fully saturated rings. The molecule has 0 N–H and O–H groups in total. The fraction of sp³-hybridized carbons (Fsp3) is 0.848. The Morgan fingerprint density at radius 3 is 2.31 bits per heavy atom. The third-order valence-electron chi connectivity index (χ3n) is 11.9.